The molecule has 40 heavy (non-hydrogen) atoms. The molecule has 0 bridgehead atoms. The van der Waals surface area contributed by atoms with Crippen molar-refractivity contribution in [1.82, 2.24) is 5.32 Å². The summed E-state index contributed by atoms with van der Waals surface area (Å²) in [7, 11) is 0. The van der Waals surface area contributed by atoms with Gasteiger partial charge in [0, 0.05) is 48.6 Å². The quantitative estimate of drug-likeness (QED) is 0.198. The van der Waals surface area contributed by atoms with Crippen LogP contribution >= 0.6 is 0 Å². The number of hydrogen-bond acceptors (Lipinski definition) is 9. The highest BCUT2D eigenvalue weighted by molar-refractivity contribution is 6.31. The van der Waals surface area contributed by atoms with Gasteiger partial charge < -0.3 is 30.9 Å². The van der Waals surface area contributed by atoms with Crippen LogP contribution in [0.15, 0.2) is 47.4 Å². The van der Waals surface area contributed by atoms with Gasteiger partial charge in [0.1, 0.15) is 34.0 Å². The van der Waals surface area contributed by atoms with E-state index in [1.165, 1.54) is 34.6 Å². The smallest absolute Gasteiger partial charge is 0.226 e. The summed E-state index contributed by atoms with van der Waals surface area (Å²) in [5.41, 5.74) is -0.603. The van der Waals surface area contributed by atoms with Crippen molar-refractivity contribution in [3.05, 3.63) is 64.1 Å². The van der Waals surface area contributed by atoms with Gasteiger partial charge in [-0.2, -0.15) is 0 Å². The summed E-state index contributed by atoms with van der Waals surface area (Å²) < 4.78 is 5.75. The molecule has 0 radical (unpaired) electrons. The second kappa shape index (κ2) is 10.3. The molecule has 0 fully saturated rings. The molecule has 1 atom stereocenters. The molecule has 1 aliphatic carbocycles. The summed E-state index contributed by atoms with van der Waals surface area (Å²) in [6.45, 7) is 7.15. The second-order valence-corrected chi connectivity index (χ2v) is 9.87. The molecule has 0 spiro atoms. The molecule has 1 aliphatic heterocycles. The summed E-state index contributed by atoms with van der Waals surface area (Å²) in [5.74, 6) is -3.42. The molecule has 2 aromatic carbocycles. The number of anilines is 2. The second-order valence-electron chi connectivity index (χ2n) is 9.87. The minimum atomic E-state index is -1.62. The molecule has 4 rings (SSSR count). The molecule has 0 saturated heterocycles. The first-order valence-corrected chi connectivity index (χ1v) is 12.5. The lowest BCUT2D eigenvalue weighted by Crippen LogP contribution is -2.41. The van der Waals surface area contributed by atoms with Crippen molar-refractivity contribution in [2.24, 2.45) is 0 Å². The van der Waals surface area contributed by atoms with E-state index in [1.54, 1.807) is 24.3 Å². The van der Waals surface area contributed by atoms with Crippen LogP contribution in [-0.4, -0.2) is 45.9 Å². The predicted molar refractivity (Wildman–Crippen MR) is 145 cm³/mol. The number of Topliss-reactive ketones (excluding diaryl/α,β-unsaturated/α-hetero) is 2. The van der Waals surface area contributed by atoms with Crippen LogP contribution < -0.4 is 20.7 Å². The van der Waals surface area contributed by atoms with Gasteiger partial charge in [0.15, 0.2) is 17.3 Å². The van der Waals surface area contributed by atoms with Crippen LogP contribution in [0.5, 0.6) is 17.2 Å². The van der Waals surface area contributed by atoms with Crippen LogP contribution in [0.1, 0.15) is 55.6 Å². The Morgan fingerprint density at radius 1 is 0.950 bits per heavy atom. The average Bonchev–Trinajstić information content (AvgIpc) is 3.16. The number of aromatic hydroxyl groups is 2. The fraction of sp³-hybridized carbons (Fsp3) is 0.276. The normalized spacial score (nSPS) is 18.7. The van der Waals surface area contributed by atoms with E-state index in [4.69, 9.17) is 4.74 Å². The fourth-order valence-electron chi connectivity index (χ4n) is 4.88. The number of hydrogen-bond donors (Lipinski definition) is 5. The zero-order chi connectivity index (χ0) is 29.5. The monoisotopic (exact) mass is 547 g/mol. The Bertz CT molecular complexity index is 1550. The molecule has 0 saturated carbocycles. The third kappa shape index (κ3) is 4.70. The third-order valence-electron chi connectivity index (χ3n) is 6.99. The van der Waals surface area contributed by atoms with Crippen LogP contribution in [0.25, 0.3) is 0 Å². The van der Waals surface area contributed by atoms with Crippen molar-refractivity contribution in [1.29, 1.82) is 0 Å². The molecule has 1 heterocycles. The number of carbonyl (C=O) groups is 5. The minimum Gasteiger partial charge on any atom is -0.507 e. The van der Waals surface area contributed by atoms with Crippen molar-refractivity contribution in [3.63, 3.8) is 0 Å². The van der Waals surface area contributed by atoms with Gasteiger partial charge in [-0.05, 0) is 52.0 Å². The summed E-state index contributed by atoms with van der Waals surface area (Å²) >= 11 is 0. The molecule has 0 aromatic heterocycles. The molecule has 11 nitrogen and oxygen atoms in total. The number of amides is 2. The maximum atomic E-state index is 13.8. The van der Waals surface area contributed by atoms with E-state index in [0.29, 0.717) is 11.4 Å². The molecular formula is C29H29N3O8. The largest absolute Gasteiger partial charge is 0.507 e. The lowest BCUT2D eigenvalue weighted by molar-refractivity contribution is -0.123. The Hall–Kier alpha value is -4.93. The van der Waals surface area contributed by atoms with Crippen molar-refractivity contribution >= 4 is 40.5 Å². The van der Waals surface area contributed by atoms with E-state index < -0.39 is 34.3 Å². The summed E-state index contributed by atoms with van der Waals surface area (Å²) in [4.78, 5) is 62.6. The van der Waals surface area contributed by atoms with Gasteiger partial charge in [0.05, 0.1) is 11.1 Å². The summed E-state index contributed by atoms with van der Waals surface area (Å²) in [6, 6.07) is 6.59. The summed E-state index contributed by atoms with van der Waals surface area (Å²) in [5, 5.41) is 29.7. The minimum absolute atomic E-state index is 0.00551. The zero-order valence-corrected chi connectivity index (χ0v) is 22.6. The number of phenols is 2. The molecule has 2 aliphatic rings. The van der Waals surface area contributed by atoms with E-state index in [9.17, 15) is 34.2 Å². The molecular weight excluding hydrogens is 518 g/mol. The lowest BCUT2D eigenvalue weighted by atomic mass is 9.70. The van der Waals surface area contributed by atoms with E-state index in [2.05, 4.69) is 16.0 Å². The summed E-state index contributed by atoms with van der Waals surface area (Å²) in [6.07, 6.45) is 1.15. The van der Waals surface area contributed by atoms with E-state index in [0.717, 1.165) is 6.08 Å². The first kappa shape index (κ1) is 28.1. The van der Waals surface area contributed by atoms with Crippen molar-refractivity contribution < 1.29 is 38.9 Å². The van der Waals surface area contributed by atoms with Crippen LogP contribution in [0.4, 0.5) is 11.4 Å². The number of fused-ring (bicyclic) bond motifs is 3. The number of ether oxygens (including phenoxy) is 1. The standard InChI is InChI=1S/C29H29N3O8/c1-13-25(37)23(15(3)33)27-24(26(13)38)29(5)20(40-27)12-19(35)22(28(29)39)14(2)30-11-10-21(36)32-18-8-6-17(7-9-18)31-16(4)34/h6-9,12,30,37-38H,10-11H2,1-5H3,(H,31,34)(H,32,36)/b22-14+/t29-/m1/s1. The number of benzene rings is 2. The highest BCUT2D eigenvalue weighted by Crippen LogP contribution is 2.57. The first-order chi connectivity index (χ1) is 18.8. The van der Waals surface area contributed by atoms with Crippen LogP contribution in [0.2, 0.25) is 0 Å². The fourth-order valence-corrected chi connectivity index (χ4v) is 4.88. The maximum absolute atomic E-state index is 13.8. The number of carbonyl (C=O) groups excluding carboxylic acids is 5. The first-order valence-electron chi connectivity index (χ1n) is 12.5. The highest BCUT2D eigenvalue weighted by atomic mass is 16.5. The molecule has 2 amide bonds. The lowest BCUT2D eigenvalue weighted by Gasteiger charge is -2.29. The van der Waals surface area contributed by atoms with E-state index in [1.807, 2.05) is 0 Å². The number of rotatable bonds is 7. The highest BCUT2D eigenvalue weighted by Gasteiger charge is 2.56. The maximum Gasteiger partial charge on any atom is 0.226 e. The van der Waals surface area contributed by atoms with Crippen LogP contribution in [0.3, 0.4) is 0 Å². The van der Waals surface area contributed by atoms with E-state index >= 15 is 0 Å². The Balaban J connectivity index is 1.53. The van der Waals surface area contributed by atoms with Crippen LogP contribution in [-0.2, 0) is 24.6 Å². The average molecular weight is 548 g/mol. The number of nitrogens with one attached hydrogen (secondary N) is 3. The Kier molecular flexibility index (Phi) is 7.25. The zero-order valence-electron chi connectivity index (χ0n) is 22.6. The predicted octanol–water partition coefficient (Wildman–Crippen LogP) is 3.15. The van der Waals surface area contributed by atoms with Gasteiger partial charge in [-0.1, -0.05) is 0 Å². The molecule has 208 valence electrons. The van der Waals surface area contributed by atoms with Gasteiger partial charge in [0.25, 0.3) is 0 Å². The molecule has 0 unspecified atom stereocenters. The van der Waals surface area contributed by atoms with Crippen LogP contribution in [0, 0.1) is 6.92 Å². The Labute approximate surface area is 229 Å². The Morgan fingerprint density at radius 2 is 1.55 bits per heavy atom. The SMILES string of the molecule is CC(=O)Nc1ccc(NC(=O)CCN/C(C)=C2\C(=O)C=C3Oc4c(C(C)=O)c(O)c(C)c(O)c4[C@]3(C)C2=O)cc1. The number of phenolic OH excluding ortho intramolecular Hbond substituents is 2. The molecule has 11 heteroatoms. The molecule has 2 aromatic rings. The van der Waals surface area contributed by atoms with Gasteiger partial charge in [-0.15, -0.1) is 0 Å². The van der Waals surface area contributed by atoms with Crippen molar-refractivity contribution in [3.8, 4) is 17.2 Å². The van der Waals surface area contributed by atoms with Gasteiger partial charge in [0.2, 0.25) is 11.8 Å². The van der Waals surface area contributed by atoms with Gasteiger partial charge in [-0.3, -0.25) is 24.0 Å². The molecule has 5 N–H and O–H groups in total. The number of ketones is 3. The number of allylic oxidation sites excluding steroid dienone is 4. The van der Waals surface area contributed by atoms with E-state index in [-0.39, 0.29) is 64.2 Å². The van der Waals surface area contributed by atoms with Gasteiger partial charge in [-0.25, -0.2) is 0 Å². The Morgan fingerprint density at radius 3 is 2.12 bits per heavy atom. The third-order valence-corrected chi connectivity index (χ3v) is 6.99. The van der Waals surface area contributed by atoms with Crippen molar-refractivity contribution in [2.45, 2.75) is 46.5 Å². The topological polar surface area (TPSA) is 171 Å². The van der Waals surface area contributed by atoms with Gasteiger partial charge >= 0.3 is 0 Å². The van der Waals surface area contributed by atoms with Crippen molar-refractivity contribution in [2.75, 3.05) is 17.2 Å².